The first-order valence-corrected chi connectivity index (χ1v) is 7.26. The van der Waals surface area contributed by atoms with E-state index in [-0.39, 0.29) is 18.7 Å². The summed E-state index contributed by atoms with van der Waals surface area (Å²) in [5.74, 6) is -1.04. The summed E-state index contributed by atoms with van der Waals surface area (Å²) in [6.07, 6.45) is 1.35. The van der Waals surface area contributed by atoms with Gasteiger partial charge in [-0.1, -0.05) is 0 Å². The van der Waals surface area contributed by atoms with Gasteiger partial charge in [0.2, 0.25) is 0 Å². The van der Waals surface area contributed by atoms with E-state index in [4.69, 9.17) is 9.47 Å². The lowest BCUT2D eigenvalue weighted by molar-refractivity contribution is -0.107. The minimum atomic E-state index is -0.637. The summed E-state index contributed by atoms with van der Waals surface area (Å²) >= 11 is 0. The Morgan fingerprint density at radius 1 is 1.23 bits per heavy atom. The fourth-order valence-electron chi connectivity index (χ4n) is 2.06. The van der Waals surface area contributed by atoms with Crippen molar-refractivity contribution < 1.29 is 23.9 Å². The average Bonchev–Trinajstić information content (AvgIpc) is 2.71. The molecule has 0 spiro atoms. The number of ether oxygens (including phenoxy) is 2. The predicted octanol–water partition coefficient (Wildman–Crippen LogP) is 2.59. The second-order valence-corrected chi connectivity index (χ2v) is 5.91. The minimum Gasteiger partial charge on any atom is -0.462 e. The van der Waals surface area contributed by atoms with Crippen LogP contribution in [0.2, 0.25) is 0 Å². The number of esters is 2. The summed E-state index contributed by atoms with van der Waals surface area (Å²) in [5.41, 5.74) is 0.891. The van der Waals surface area contributed by atoms with Gasteiger partial charge in [0.05, 0.1) is 12.2 Å². The summed E-state index contributed by atoms with van der Waals surface area (Å²) in [4.78, 5) is 37.8. The molecule has 0 aliphatic heterocycles. The molecular formula is C16H23NO5. The molecule has 122 valence electrons. The zero-order valence-electron chi connectivity index (χ0n) is 13.7. The molecule has 1 N–H and O–H groups in total. The Balaban J connectivity index is 3.22. The third kappa shape index (κ3) is 4.44. The highest BCUT2D eigenvalue weighted by molar-refractivity contribution is 5.98. The van der Waals surface area contributed by atoms with Crippen LogP contribution in [0.25, 0.3) is 0 Å². The molecule has 0 atom stereocenters. The monoisotopic (exact) mass is 309 g/mol. The first kappa shape index (κ1) is 17.9. The number of aldehydes is 1. The highest BCUT2D eigenvalue weighted by Crippen LogP contribution is 2.23. The van der Waals surface area contributed by atoms with Crippen LogP contribution in [0.4, 0.5) is 0 Å². The molecule has 6 heteroatoms. The van der Waals surface area contributed by atoms with Crippen molar-refractivity contribution in [1.29, 1.82) is 0 Å². The highest BCUT2D eigenvalue weighted by atomic mass is 16.6. The van der Waals surface area contributed by atoms with Gasteiger partial charge in [0.1, 0.15) is 17.6 Å². The van der Waals surface area contributed by atoms with Gasteiger partial charge < -0.3 is 19.3 Å². The Bertz CT molecular complexity index is 566. The topological polar surface area (TPSA) is 85.5 Å². The molecule has 0 radical (unpaired) electrons. The normalized spacial score (nSPS) is 11.1. The van der Waals surface area contributed by atoms with Gasteiger partial charge in [0.15, 0.2) is 0 Å². The summed E-state index contributed by atoms with van der Waals surface area (Å²) in [5, 5.41) is 0. The molecule has 0 aromatic carbocycles. The maximum absolute atomic E-state index is 12.2. The Labute approximate surface area is 130 Å². The maximum atomic E-state index is 12.2. The van der Waals surface area contributed by atoms with Crippen molar-refractivity contribution in [2.45, 2.75) is 53.1 Å². The Morgan fingerprint density at radius 2 is 1.86 bits per heavy atom. The zero-order valence-corrected chi connectivity index (χ0v) is 13.7. The molecule has 1 aromatic heterocycles. The fraction of sp³-hybridized carbons (Fsp3) is 0.562. The summed E-state index contributed by atoms with van der Waals surface area (Å²) in [6, 6.07) is 0. The third-order valence-electron chi connectivity index (χ3n) is 2.92. The van der Waals surface area contributed by atoms with Crippen molar-refractivity contribution >= 4 is 18.2 Å². The van der Waals surface area contributed by atoms with Crippen molar-refractivity contribution in [3.63, 3.8) is 0 Å². The lowest BCUT2D eigenvalue weighted by Crippen LogP contribution is -2.24. The van der Waals surface area contributed by atoms with Crippen LogP contribution < -0.4 is 0 Å². The molecule has 0 bridgehead atoms. The van der Waals surface area contributed by atoms with Crippen LogP contribution in [0, 0.1) is 6.92 Å². The summed E-state index contributed by atoms with van der Waals surface area (Å²) in [6.45, 7) is 8.90. The molecule has 1 heterocycles. The van der Waals surface area contributed by atoms with Crippen LogP contribution in [0.3, 0.4) is 0 Å². The second-order valence-electron chi connectivity index (χ2n) is 5.91. The zero-order chi connectivity index (χ0) is 16.9. The number of aromatic nitrogens is 1. The van der Waals surface area contributed by atoms with E-state index in [1.54, 1.807) is 34.6 Å². The molecule has 0 aliphatic rings. The van der Waals surface area contributed by atoms with Crippen LogP contribution in [0.15, 0.2) is 0 Å². The van der Waals surface area contributed by atoms with Gasteiger partial charge in [-0.3, -0.25) is 0 Å². The lowest BCUT2D eigenvalue weighted by atomic mass is 10.1. The SMILES string of the molecule is CCOC(=O)c1c(CCC=O)[nH]c(C(=O)OC(C)(C)C)c1C. The van der Waals surface area contributed by atoms with Gasteiger partial charge in [0.25, 0.3) is 0 Å². The van der Waals surface area contributed by atoms with Crippen molar-refractivity contribution in [3.05, 3.63) is 22.5 Å². The van der Waals surface area contributed by atoms with E-state index >= 15 is 0 Å². The lowest BCUT2D eigenvalue weighted by Gasteiger charge is -2.19. The van der Waals surface area contributed by atoms with E-state index in [0.717, 1.165) is 6.29 Å². The Kier molecular flexibility index (Phi) is 5.91. The van der Waals surface area contributed by atoms with Crippen molar-refractivity contribution in [1.82, 2.24) is 4.98 Å². The molecule has 0 saturated carbocycles. The number of hydrogen-bond donors (Lipinski definition) is 1. The number of nitrogens with one attached hydrogen (secondary N) is 1. The third-order valence-corrected chi connectivity index (χ3v) is 2.92. The van der Waals surface area contributed by atoms with Crippen molar-refractivity contribution in [3.8, 4) is 0 Å². The maximum Gasteiger partial charge on any atom is 0.355 e. The van der Waals surface area contributed by atoms with Gasteiger partial charge >= 0.3 is 11.9 Å². The predicted molar refractivity (Wildman–Crippen MR) is 81.0 cm³/mol. The summed E-state index contributed by atoms with van der Waals surface area (Å²) in [7, 11) is 0. The molecule has 6 nitrogen and oxygen atoms in total. The van der Waals surface area contributed by atoms with E-state index in [1.165, 1.54) is 0 Å². The van der Waals surface area contributed by atoms with Gasteiger partial charge in [-0.25, -0.2) is 9.59 Å². The van der Waals surface area contributed by atoms with Crippen LogP contribution in [-0.4, -0.2) is 35.4 Å². The van der Waals surface area contributed by atoms with Crippen LogP contribution >= 0.6 is 0 Å². The number of hydrogen-bond acceptors (Lipinski definition) is 5. The fourth-order valence-corrected chi connectivity index (χ4v) is 2.06. The number of carbonyl (C=O) groups is 3. The van der Waals surface area contributed by atoms with E-state index in [1.807, 2.05) is 0 Å². The first-order chi connectivity index (χ1) is 10.2. The number of aromatic amines is 1. The number of rotatable bonds is 6. The average molecular weight is 309 g/mol. The molecule has 0 fully saturated rings. The molecule has 0 amide bonds. The van der Waals surface area contributed by atoms with E-state index < -0.39 is 17.5 Å². The Hall–Kier alpha value is -2.11. The van der Waals surface area contributed by atoms with E-state index in [9.17, 15) is 14.4 Å². The van der Waals surface area contributed by atoms with Crippen molar-refractivity contribution in [2.75, 3.05) is 6.61 Å². The van der Waals surface area contributed by atoms with Crippen LogP contribution in [0.1, 0.15) is 66.2 Å². The number of aryl methyl sites for hydroxylation is 1. The van der Waals surface area contributed by atoms with E-state index in [2.05, 4.69) is 4.98 Å². The van der Waals surface area contributed by atoms with E-state index in [0.29, 0.717) is 23.2 Å². The molecule has 1 rings (SSSR count). The molecule has 22 heavy (non-hydrogen) atoms. The number of H-pyrrole nitrogens is 1. The standard InChI is InChI=1S/C16H23NO5/c1-6-21-14(19)12-10(2)13(15(20)22-16(3,4)5)17-11(12)8-7-9-18/h9,17H,6-8H2,1-5H3. The summed E-state index contributed by atoms with van der Waals surface area (Å²) < 4.78 is 10.3. The second kappa shape index (κ2) is 7.24. The van der Waals surface area contributed by atoms with Gasteiger partial charge in [0, 0.05) is 12.1 Å². The Morgan fingerprint density at radius 3 is 2.36 bits per heavy atom. The quantitative estimate of drug-likeness (QED) is 0.645. The van der Waals surface area contributed by atoms with Gasteiger partial charge in [-0.15, -0.1) is 0 Å². The molecule has 0 aliphatic carbocycles. The van der Waals surface area contributed by atoms with Gasteiger partial charge in [-0.2, -0.15) is 0 Å². The molecule has 0 saturated heterocycles. The smallest absolute Gasteiger partial charge is 0.355 e. The van der Waals surface area contributed by atoms with Crippen LogP contribution in [0.5, 0.6) is 0 Å². The molecule has 1 aromatic rings. The number of carbonyl (C=O) groups excluding carboxylic acids is 3. The van der Waals surface area contributed by atoms with Gasteiger partial charge in [-0.05, 0) is 46.6 Å². The van der Waals surface area contributed by atoms with Crippen molar-refractivity contribution in [2.24, 2.45) is 0 Å². The highest BCUT2D eigenvalue weighted by Gasteiger charge is 2.27. The first-order valence-electron chi connectivity index (χ1n) is 7.26. The minimum absolute atomic E-state index is 0.221. The molecular weight excluding hydrogens is 286 g/mol. The van der Waals surface area contributed by atoms with Crippen LogP contribution in [-0.2, 0) is 20.7 Å². The largest absolute Gasteiger partial charge is 0.462 e. The molecule has 0 unspecified atom stereocenters.